The Kier molecular flexibility index (Phi) is 5.94. The van der Waals surface area contributed by atoms with Gasteiger partial charge in [0.25, 0.3) is 0 Å². The zero-order valence-electron chi connectivity index (χ0n) is 13.8. The Morgan fingerprint density at radius 3 is 2.52 bits per heavy atom. The van der Waals surface area contributed by atoms with Crippen LogP contribution in [0.5, 0.6) is 0 Å². The van der Waals surface area contributed by atoms with Gasteiger partial charge in [-0.15, -0.1) is 0 Å². The third-order valence-corrected chi connectivity index (χ3v) is 4.18. The second-order valence-electron chi connectivity index (χ2n) is 6.04. The molecular weight excluding hydrogens is 262 g/mol. The molecule has 0 saturated carbocycles. The maximum Gasteiger partial charge on any atom is 0.225 e. The molecule has 0 aromatic carbocycles. The Bertz CT molecular complexity index is 413. The van der Waals surface area contributed by atoms with E-state index in [0.717, 1.165) is 44.2 Å². The third-order valence-electron chi connectivity index (χ3n) is 4.18. The van der Waals surface area contributed by atoms with Gasteiger partial charge >= 0.3 is 0 Å². The lowest BCUT2D eigenvalue weighted by Gasteiger charge is -2.26. The van der Waals surface area contributed by atoms with E-state index in [4.69, 9.17) is 0 Å². The minimum atomic E-state index is 0.484. The van der Waals surface area contributed by atoms with Crippen molar-refractivity contribution in [2.24, 2.45) is 0 Å². The normalized spacial score (nSPS) is 19.0. The lowest BCUT2D eigenvalue weighted by Crippen LogP contribution is -2.37. The molecule has 1 fully saturated rings. The summed E-state index contributed by atoms with van der Waals surface area (Å²) in [6.45, 7) is 13.9. The second kappa shape index (κ2) is 7.71. The van der Waals surface area contributed by atoms with Gasteiger partial charge in [0.15, 0.2) is 0 Å². The summed E-state index contributed by atoms with van der Waals surface area (Å²) in [6, 6.07) is 1.13. The van der Waals surface area contributed by atoms with Gasteiger partial charge in [-0.25, -0.2) is 9.97 Å². The molecule has 21 heavy (non-hydrogen) atoms. The molecule has 1 aliphatic heterocycles. The van der Waals surface area contributed by atoms with E-state index >= 15 is 0 Å². The number of nitrogens with one attached hydrogen (secondary N) is 1. The van der Waals surface area contributed by atoms with Gasteiger partial charge in [-0.05, 0) is 19.5 Å². The van der Waals surface area contributed by atoms with Gasteiger partial charge in [-0.3, -0.25) is 4.90 Å². The van der Waals surface area contributed by atoms with Crippen LogP contribution in [-0.2, 0) is 6.54 Å². The number of aromatic nitrogens is 2. The molecule has 2 rings (SSSR count). The van der Waals surface area contributed by atoms with Crippen molar-refractivity contribution in [2.45, 2.75) is 52.7 Å². The van der Waals surface area contributed by atoms with Crippen molar-refractivity contribution in [3.63, 3.8) is 0 Å². The highest BCUT2D eigenvalue weighted by molar-refractivity contribution is 5.32. The van der Waals surface area contributed by atoms with Crippen LogP contribution in [0.3, 0.4) is 0 Å². The second-order valence-corrected chi connectivity index (χ2v) is 6.04. The lowest BCUT2D eigenvalue weighted by atomic mass is 10.2. The molecule has 0 spiro atoms. The fraction of sp³-hybridized carbons (Fsp3) is 0.750. The highest BCUT2D eigenvalue weighted by Crippen LogP contribution is 2.19. The lowest BCUT2D eigenvalue weighted by molar-refractivity contribution is 0.232. The van der Waals surface area contributed by atoms with Gasteiger partial charge in [-0.2, -0.15) is 0 Å². The molecule has 5 nitrogen and oxygen atoms in total. The maximum atomic E-state index is 4.54. The van der Waals surface area contributed by atoms with E-state index < -0.39 is 0 Å². The number of likely N-dealkylation sites (N-methyl/N-ethyl adjacent to an activating group) is 1. The molecule has 1 aliphatic rings. The van der Waals surface area contributed by atoms with Gasteiger partial charge in [0.1, 0.15) is 0 Å². The van der Waals surface area contributed by atoms with Crippen molar-refractivity contribution >= 4 is 5.95 Å². The molecule has 1 unspecified atom stereocenters. The molecule has 0 aliphatic carbocycles. The molecule has 0 radical (unpaired) electrons. The van der Waals surface area contributed by atoms with Gasteiger partial charge in [0, 0.05) is 49.7 Å². The molecule has 118 valence electrons. The molecule has 1 aromatic rings. The fourth-order valence-corrected chi connectivity index (χ4v) is 2.89. The molecule has 0 bridgehead atoms. The van der Waals surface area contributed by atoms with Crippen molar-refractivity contribution in [1.82, 2.24) is 20.2 Å². The van der Waals surface area contributed by atoms with Crippen LogP contribution >= 0.6 is 0 Å². The minimum Gasteiger partial charge on any atom is -0.339 e. The van der Waals surface area contributed by atoms with E-state index in [1.165, 1.54) is 6.42 Å². The van der Waals surface area contributed by atoms with Crippen LogP contribution < -0.4 is 10.2 Å². The van der Waals surface area contributed by atoms with E-state index in [-0.39, 0.29) is 0 Å². The monoisotopic (exact) mass is 291 g/mol. The Labute approximate surface area is 128 Å². The van der Waals surface area contributed by atoms with Crippen LogP contribution in [0, 0.1) is 0 Å². The third kappa shape index (κ3) is 4.38. The van der Waals surface area contributed by atoms with Crippen molar-refractivity contribution in [1.29, 1.82) is 0 Å². The number of anilines is 1. The average Bonchev–Trinajstić information content (AvgIpc) is 2.97. The van der Waals surface area contributed by atoms with E-state index in [1.807, 2.05) is 12.4 Å². The predicted molar refractivity (Wildman–Crippen MR) is 87.5 cm³/mol. The zero-order chi connectivity index (χ0) is 15.2. The zero-order valence-corrected chi connectivity index (χ0v) is 13.8. The molecule has 5 heteroatoms. The smallest absolute Gasteiger partial charge is 0.225 e. The van der Waals surface area contributed by atoms with Crippen molar-refractivity contribution in [3.05, 3.63) is 18.0 Å². The Balaban J connectivity index is 1.91. The van der Waals surface area contributed by atoms with Crippen LogP contribution in [0.15, 0.2) is 12.4 Å². The van der Waals surface area contributed by atoms with E-state index in [2.05, 4.69) is 52.8 Å². The maximum absolute atomic E-state index is 4.54. The number of rotatable bonds is 7. The highest BCUT2D eigenvalue weighted by atomic mass is 15.3. The summed E-state index contributed by atoms with van der Waals surface area (Å²) >= 11 is 0. The summed E-state index contributed by atoms with van der Waals surface area (Å²) in [7, 11) is 0. The van der Waals surface area contributed by atoms with Gasteiger partial charge in [0.05, 0.1) is 0 Å². The summed E-state index contributed by atoms with van der Waals surface area (Å²) in [5.74, 6) is 0.873. The largest absolute Gasteiger partial charge is 0.339 e. The summed E-state index contributed by atoms with van der Waals surface area (Å²) in [5, 5.41) is 3.39. The Morgan fingerprint density at radius 1 is 1.29 bits per heavy atom. The summed E-state index contributed by atoms with van der Waals surface area (Å²) < 4.78 is 0. The fourth-order valence-electron chi connectivity index (χ4n) is 2.89. The number of nitrogens with zero attached hydrogens (tertiary/aromatic N) is 4. The minimum absolute atomic E-state index is 0.484. The number of hydrogen-bond acceptors (Lipinski definition) is 5. The first kappa shape index (κ1) is 16.2. The predicted octanol–water partition coefficient (Wildman–Crippen LogP) is 1.90. The van der Waals surface area contributed by atoms with Gasteiger partial charge in [-0.1, -0.05) is 27.7 Å². The molecule has 1 N–H and O–H groups in total. The first-order chi connectivity index (χ1) is 10.1. The van der Waals surface area contributed by atoms with Crippen molar-refractivity contribution < 1.29 is 0 Å². The van der Waals surface area contributed by atoms with Crippen molar-refractivity contribution in [2.75, 3.05) is 31.1 Å². The van der Waals surface area contributed by atoms with E-state index in [9.17, 15) is 0 Å². The average molecular weight is 291 g/mol. The first-order valence-electron chi connectivity index (χ1n) is 8.17. The van der Waals surface area contributed by atoms with Crippen LogP contribution in [0.1, 0.15) is 39.7 Å². The molecule has 1 aromatic heterocycles. The Morgan fingerprint density at radius 2 is 1.95 bits per heavy atom. The van der Waals surface area contributed by atoms with Crippen LogP contribution in [0.2, 0.25) is 0 Å². The number of hydrogen-bond donors (Lipinski definition) is 1. The standard InChI is InChI=1S/C16H29N5/c1-5-20(6-2)15-7-8-21(12-15)16-18-10-14(11-19-16)9-17-13(3)4/h10-11,13,15,17H,5-9,12H2,1-4H3. The van der Waals surface area contributed by atoms with Crippen molar-refractivity contribution in [3.8, 4) is 0 Å². The summed E-state index contributed by atoms with van der Waals surface area (Å²) in [4.78, 5) is 13.9. The topological polar surface area (TPSA) is 44.3 Å². The quantitative estimate of drug-likeness (QED) is 0.831. The van der Waals surface area contributed by atoms with Gasteiger partial charge in [0.2, 0.25) is 5.95 Å². The first-order valence-corrected chi connectivity index (χ1v) is 8.17. The van der Waals surface area contributed by atoms with Crippen LogP contribution in [0.25, 0.3) is 0 Å². The molecule has 1 saturated heterocycles. The highest BCUT2D eigenvalue weighted by Gasteiger charge is 2.27. The Hall–Kier alpha value is -1.20. The molecular formula is C16H29N5. The molecule has 2 heterocycles. The molecule has 0 amide bonds. The van der Waals surface area contributed by atoms with Gasteiger partial charge < -0.3 is 10.2 Å². The van der Waals surface area contributed by atoms with Crippen LogP contribution in [-0.4, -0.2) is 53.1 Å². The molecule has 1 atom stereocenters. The SMILES string of the molecule is CCN(CC)C1CCN(c2ncc(CNC(C)C)cn2)C1. The van der Waals surface area contributed by atoms with E-state index in [1.54, 1.807) is 0 Å². The van der Waals surface area contributed by atoms with Crippen LogP contribution in [0.4, 0.5) is 5.95 Å². The summed E-state index contributed by atoms with van der Waals surface area (Å²) in [6.07, 6.45) is 5.10. The summed E-state index contributed by atoms with van der Waals surface area (Å²) in [5.41, 5.74) is 1.15. The van der Waals surface area contributed by atoms with E-state index in [0.29, 0.717) is 12.1 Å².